The predicted molar refractivity (Wildman–Crippen MR) is 58.6 cm³/mol. The molecule has 0 fully saturated rings. The van der Waals surface area contributed by atoms with E-state index in [4.69, 9.17) is 20.8 Å². The molecule has 2 rings (SSSR count). The van der Waals surface area contributed by atoms with Gasteiger partial charge in [-0.2, -0.15) is 0 Å². The van der Waals surface area contributed by atoms with Gasteiger partial charge in [0.15, 0.2) is 0 Å². The molecular weight excluding hydrogens is 216 g/mol. The molecule has 3 nitrogen and oxygen atoms in total. The number of hydrogen-bond donors (Lipinski definition) is 0. The summed E-state index contributed by atoms with van der Waals surface area (Å²) < 4.78 is 10.1. The number of halogens is 1. The number of hydrogen-bond acceptors (Lipinski definition) is 3. The number of ether oxygens (including phenoxy) is 1. The van der Waals surface area contributed by atoms with E-state index in [1.165, 1.54) is 6.07 Å². The summed E-state index contributed by atoms with van der Waals surface area (Å²) in [4.78, 5) is 11.2. The second kappa shape index (κ2) is 3.95. The van der Waals surface area contributed by atoms with Gasteiger partial charge in [-0.25, -0.2) is 4.79 Å². The van der Waals surface area contributed by atoms with Crippen molar-refractivity contribution >= 4 is 22.6 Å². The Morgan fingerprint density at radius 3 is 2.87 bits per heavy atom. The van der Waals surface area contributed by atoms with Gasteiger partial charge in [-0.1, -0.05) is 0 Å². The Hall–Kier alpha value is -1.48. The summed E-state index contributed by atoms with van der Waals surface area (Å²) >= 11 is 5.75. The van der Waals surface area contributed by atoms with Crippen LogP contribution >= 0.6 is 11.6 Å². The third-order valence-electron chi connectivity index (χ3n) is 2.18. The van der Waals surface area contributed by atoms with E-state index in [1.807, 2.05) is 0 Å². The lowest BCUT2D eigenvalue weighted by atomic mass is 10.1. The van der Waals surface area contributed by atoms with Crippen LogP contribution in [0.2, 0.25) is 0 Å². The molecule has 0 saturated heterocycles. The number of fused-ring (bicyclic) bond motifs is 1. The molecule has 0 atom stereocenters. The first-order valence-corrected chi connectivity index (χ1v) is 4.95. The largest absolute Gasteiger partial charge is 0.497 e. The van der Waals surface area contributed by atoms with Crippen LogP contribution in [0.3, 0.4) is 0 Å². The van der Waals surface area contributed by atoms with Crippen LogP contribution in [0.1, 0.15) is 5.56 Å². The normalized spacial score (nSPS) is 10.5. The number of rotatable bonds is 2. The van der Waals surface area contributed by atoms with Crippen LogP contribution in [-0.2, 0) is 5.88 Å². The highest BCUT2D eigenvalue weighted by atomic mass is 35.5. The fraction of sp³-hybridized carbons (Fsp3) is 0.182. The molecule has 4 heteroatoms. The summed E-state index contributed by atoms with van der Waals surface area (Å²) in [6, 6.07) is 6.64. The lowest BCUT2D eigenvalue weighted by Crippen LogP contribution is -1.99. The average Bonchev–Trinajstić information content (AvgIpc) is 2.27. The molecule has 0 amide bonds. The van der Waals surface area contributed by atoms with E-state index in [-0.39, 0.29) is 11.5 Å². The van der Waals surface area contributed by atoms with Gasteiger partial charge >= 0.3 is 5.63 Å². The van der Waals surface area contributed by atoms with E-state index in [1.54, 1.807) is 25.3 Å². The van der Waals surface area contributed by atoms with Crippen molar-refractivity contribution in [3.8, 4) is 5.75 Å². The van der Waals surface area contributed by atoms with Crippen LogP contribution in [0, 0.1) is 0 Å². The molecule has 0 spiro atoms. The zero-order valence-electron chi connectivity index (χ0n) is 8.12. The van der Waals surface area contributed by atoms with Crippen molar-refractivity contribution in [2.45, 2.75) is 5.88 Å². The third-order valence-corrected chi connectivity index (χ3v) is 2.47. The van der Waals surface area contributed by atoms with Crippen LogP contribution in [0.25, 0.3) is 11.0 Å². The Labute approximate surface area is 91.2 Å². The summed E-state index contributed by atoms with van der Waals surface area (Å²) in [5, 5.41) is 0.809. The molecular formula is C11H9ClO3. The quantitative estimate of drug-likeness (QED) is 0.581. The van der Waals surface area contributed by atoms with E-state index in [0.717, 1.165) is 10.9 Å². The van der Waals surface area contributed by atoms with E-state index in [2.05, 4.69) is 0 Å². The Balaban J connectivity index is 2.79. The highest BCUT2D eigenvalue weighted by molar-refractivity contribution is 6.17. The van der Waals surface area contributed by atoms with E-state index >= 15 is 0 Å². The minimum atomic E-state index is -0.386. The first-order chi connectivity index (χ1) is 7.24. The summed E-state index contributed by atoms with van der Waals surface area (Å²) in [6.07, 6.45) is 0. The molecule has 0 saturated carbocycles. The molecule has 0 aliphatic heterocycles. The zero-order chi connectivity index (χ0) is 10.8. The fourth-order valence-electron chi connectivity index (χ4n) is 1.44. The second-order valence-electron chi connectivity index (χ2n) is 3.09. The van der Waals surface area contributed by atoms with Gasteiger partial charge in [0.2, 0.25) is 0 Å². The minimum Gasteiger partial charge on any atom is -0.497 e. The number of alkyl halides is 1. The Morgan fingerprint density at radius 2 is 2.20 bits per heavy atom. The third kappa shape index (κ3) is 1.83. The first kappa shape index (κ1) is 10.1. The Kier molecular flexibility index (Phi) is 2.64. The molecule has 0 N–H and O–H groups in total. The van der Waals surface area contributed by atoms with E-state index in [9.17, 15) is 4.79 Å². The summed E-state index contributed by atoms with van der Waals surface area (Å²) in [5.41, 5.74) is 0.893. The van der Waals surface area contributed by atoms with Crippen molar-refractivity contribution in [2.24, 2.45) is 0 Å². The van der Waals surface area contributed by atoms with E-state index in [0.29, 0.717) is 11.3 Å². The maximum absolute atomic E-state index is 11.2. The highest BCUT2D eigenvalue weighted by Gasteiger charge is 2.05. The van der Waals surface area contributed by atoms with Crippen LogP contribution in [0.4, 0.5) is 0 Å². The second-order valence-corrected chi connectivity index (χ2v) is 3.35. The highest BCUT2D eigenvalue weighted by Crippen LogP contribution is 2.23. The minimum absolute atomic E-state index is 0.273. The van der Waals surface area contributed by atoms with Crippen molar-refractivity contribution in [1.82, 2.24) is 0 Å². The van der Waals surface area contributed by atoms with Gasteiger partial charge in [-0.15, -0.1) is 11.6 Å². The Morgan fingerprint density at radius 1 is 1.40 bits per heavy atom. The van der Waals surface area contributed by atoms with Gasteiger partial charge in [0.1, 0.15) is 11.3 Å². The summed E-state index contributed by atoms with van der Waals surface area (Å²) in [7, 11) is 1.58. The van der Waals surface area contributed by atoms with E-state index < -0.39 is 0 Å². The zero-order valence-corrected chi connectivity index (χ0v) is 8.88. The molecule has 1 aromatic carbocycles. The lowest BCUT2D eigenvalue weighted by Gasteiger charge is -2.04. The van der Waals surface area contributed by atoms with Gasteiger partial charge in [-0.3, -0.25) is 0 Å². The molecule has 0 unspecified atom stereocenters. The lowest BCUT2D eigenvalue weighted by molar-refractivity contribution is 0.415. The van der Waals surface area contributed by atoms with Crippen molar-refractivity contribution in [2.75, 3.05) is 7.11 Å². The van der Waals surface area contributed by atoms with Gasteiger partial charge in [0, 0.05) is 17.3 Å². The molecule has 1 aromatic heterocycles. The van der Waals surface area contributed by atoms with Crippen molar-refractivity contribution in [3.63, 3.8) is 0 Å². The van der Waals surface area contributed by atoms with Gasteiger partial charge in [0.25, 0.3) is 0 Å². The number of benzene rings is 1. The molecule has 0 bridgehead atoms. The van der Waals surface area contributed by atoms with Gasteiger partial charge < -0.3 is 9.15 Å². The molecule has 0 aliphatic carbocycles. The molecule has 0 radical (unpaired) electrons. The van der Waals surface area contributed by atoms with Crippen LogP contribution < -0.4 is 10.4 Å². The first-order valence-electron chi connectivity index (χ1n) is 4.41. The number of methoxy groups -OCH3 is 1. The molecule has 78 valence electrons. The smallest absolute Gasteiger partial charge is 0.336 e. The summed E-state index contributed by atoms with van der Waals surface area (Å²) in [6.45, 7) is 0. The van der Waals surface area contributed by atoms with Gasteiger partial charge in [0.05, 0.1) is 7.11 Å². The van der Waals surface area contributed by atoms with Crippen LogP contribution in [-0.4, -0.2) is 7.11 Å². The standard InChI is InChI=1S/C11H9ClO3/c1-14-8-2-3-10-9(5-8)7(6-12)4-11(13)15-10/h2-5H,6H2,1H3. The Bertz CT molecular complexity index is 545. The maximum atomic E-state index is 11.2. The topological polar surface area (TPSA) is 39.4 Å². The van der Waals surface area contributed by atoms with Crippen LogP contribution in [0.5, 0.6) is 5.75 Å². The predicted octanol–water partition coefficient (Wildman–Crippen LogP) is 2.54. The molecule has 0 aliphatic rings. The fourth-order valence-corrected chi connectivity index (χ4v) is 1.67. The van der Waals surface area contributed by atoms with Crippen molar-refractivity contribution in [3.05, 3.63) is 40.2 Å². The molecule has 1 heterocycles. The van der Waals surface area contributed by atoms with Crippen LogP contribution in [0.15, 0.2) is 33.5 Å². The SMILES string of the molecule is COc1ccc2oc(=O)cc(CCl)c2c1. The van der Waals surface area contributed by atoms with Gasteiger partial charge in [-0.05, 0) is 23.8 Å². The summed E-state index contributed by atoms with van der Waals surface area (Å²) in [5.74, 6) is 0.984. The monoisotopic (exact) mass is 224 g/mol. The van der Waals surface area contributed by atoms with Crippen molar-refractivity contribution in [1.29, 1.82) is 0 Å². The van der Waals surface area contributed by atoms with Crippen molar-refractivity contribution < 1.29 is 9.15 Å². The molecule has 2 aromatic rings. The average molecular weight is 225 g/mol. The molecule has 15 heavy (non-hydrogen) atoms. The maximum Gasteiger partial charge on any atom is 0.336 e.